The maximum absolute atomic E-state index is 3.97. The largest absolute Gasteiger partial charge is 0.337 e. The van der Waals surface area contributed by atoms with Crippen molar-refractivity contribution in [3.8, 4) is 0 Å². The van der Waals surface area contributed by atoms with Gasteiger partial charge in [-0.15, -0.1) is 0 Å². The van der Waals surface area contributed by atoms with Crippen LogP contribution in [0.1, 0.15) is 5.82 Å². The lowest BCUT2D eigenvalue weighted by Gasteiger charge is -1.91. The normalized spacial score (nSPS) is 9.75. The summed E-state index contributed by atoms with van der Waals surface area (Å²) >= 11 is 3.94. The monoisotopic (exact) mass is 127 g/mol. The number of hydrogen-bond acceptors (Lipinski definition) is 2. The molecule has 0 aliphatic rings. The van der Waals surface area contributed by atoms with Gasteiger partial charge in [0.15, 0.2) is 0 Å². The predicted molar refractivity (Wildman–Crippen MR) is 35.6 cm³/mol. The second-order valence-electron chi connectivity index (χ2n) is 1.53. The van der Waals surface area contributed by atoms with Crippen LogP contribution in [0.2, 0.25) is 0 Å². The quantitative estimate of drug-likeness (QED) is 0.554. The average molecular weight is 127 g/mol. The lowest BCUT2D eigenvalue weighted by atomic mass is 10.7. The van der Waals surface area contributed by atoms with E-state index in [0.29, 0.717) is 0 Å². The van der Waals surface area contributed by atoms with Crippen molar-refractivity contribution in [2.24, 2.45) is 7.05 Å². The first-order valence-corrected chi connectivity index (χ1v) is 2.81. The van der Waals surface area contributed by atoms with E-state index in [-0.39, 0.29) is 0 Å². The minimum Gasteiger partial charge on any atom is -0.337 e. The van der Waals surface area contributed by atoms with Gasteiger partial charge in [0.2, 0.25) is 0 Å². The maximum Gasteiger partial charge on any atom is 0.122 e. The summed E-state index contributed by atoms with van der Waals surface area (Å²) in [6.07, 6.45) is 3.62. The second kappa shape index (κ2) is 2.22. The number of nitrogens with zero attached hydrogens (tertiary/aromatic N) is 2. The van der Waals surface area contributed by atoms with Crippen LogP contribution in [0, 0.1) is 5.75 Å². The number of aryl methyl sites for hydroxylation is 1. The highest BCUT2D eigenvalue weighted by Gasteiger charge is 1.91. The lowest BCUT2D eigenvalue weighted by molar-refractivity contribution is 0.881. The number of aromatic nitrogens is 2. The average Bonchev–Trinajstić information content (AvgIpc) is 2.14. The Kier molecular flexibility index (Phi) is 1.58. The molecule has 0 amide bonds. The van der Waals surface area contributed by atoms with Gasteiger partial charge in [-0.3, -0.25) is 0 Å². The molecular weight excluding hydrogens is 120 g/mol. The molecule has 1 aromatic heterocycles. The van der Waals surface area contributed by atoms with Gasteiger partial charge in [-0.2, -0.15) is 12.6 Å². The summed E-state index contributed by atoms with van der Waals surface area (Å²) in [6.45, 7) is 0. The maximum atomic E-state index is 3.97. The molecule has 0 saturated heterocycles. The molecule has 0 fully saturated rings. The number of hydrogen-bond donors (Lipinski definition) is 1. The molecule has 2 nitrogen and oxygen atoms in total. The minimum absolute atomic E-state index is 0.883. The van der Waals surface area contributed by atoms with Crippen LogP contribution in [0.3, 0.4) is 0 Å². The van der Waals surface area contributed by atoms with Gasteiger partial charge in [-0.25, -0.2) is 4.98 Å². The molecule has 0 aliphatic heterocycles. The van der Waals surface area contributed by atoms with Gasteiger partial charge in [0.05, 0.1) is 5.75 Å². The van der Waals surface area contributed by atoms with Crippen molar-refractivity contribution in [3.05, 3.63) is 24.0 Å². The molecule has 1 radical (unpaired) electrons. The highest BCUT2D eigenvalue weighted by molar-refractivity contribution is 7.82. The molecule has 1 heterocycles. The van der Waals surface area contributed by atoms with Gasteiger partial charge >= 0.3 is 0 Å². The predicted octanol–water partition coefficient (Wildman–Crippen LogP) is 0.860. The number of rotatable bonds is 1. The third kappa shape index (κ3) is 0.865. The topological polar surface area (TPSA) is 17.8 Å². The Hall–Kier alpha value is -0.440. The summed E-state index contributed by atoms with van der Waals surface area (Å²) < 4.78 is 1.90. The van der Waals surface area contributed by atoms with Crippen LogP contribution in [0.4, 0.5) is 0 Å². The highest BCUT2D eigenvalue weighted by atomic mass is 32.1. The molecule has 0 unspecified atom stereocenters. The van der Waals surface area contributed by atoms with Gasteiger partial charge in [-0.05, 0) is 0 Å². The molecule has 0 bridgehead atoms. The van der Waals surface area contributed by atoms with Gasteiger partial charge in [0.25, 0.3) is 0 Å². The van der Waals surface area contributed by atoms with Crippen molar-refractivity contribution in [1.29, 1.82) is 0 Å². The third-order valence-corrected chi connectivity index (χ3v) is 1.20. The molecule has 1 aromatic rings. The Morgan fingerprint density at radius 2 is 2.62 bits per heavy atom. The first-order valence-electron chi connectivity index (χ1n) is 2.29. The lowest BCUT2D eigenvalue weighted by Crippen LogP contribution is -1.90. The second-order valence-corrected chi connectivity index (χ2v) is 1.78. The summed E-state index contributed by atoms with van der Waals surface area (Å²) in [4.78, 5) is 3.97. The van der Waals surface area contributed by atoms with Gasteiger partial charge < -0.3 is 4.57 Å². The van der Waals surface area contributed by atoms with Crippen molar-refractivity contribution in [2.75, 3.05) is 0 Å². The van der Waals surface area contributed by atoms with E-state index < -0.39 is 0 Å². The smallest absolute Gasteiger partial charge is 0.122 e. The van der Waals surface area contributed by atoms with E-state index in [1.54, 1.807) is 11.9 Å². The van der Waals surface area contributed by atoms with E-state index in [9.17, 15) is 0 Å². The fourth-order valence-corrected chi connectivity index (χ4v) is 0.750. The zero-order valence-corrected chi connectivity index (χ0v) is 5.47. The highest BCUT2D eigenvalue weighted by Crippen LogP contribution is 1.98. The Labute approximate surface area is 54.0 Å². The first-order chi connectivity index (χ1) is 3.84. The van der Waals surface area contributed by atoms with Gasteiger partial charge in [0.1, 0.15) is 5.82 Å². The van der Waals surface area contributed by atoms with Crippen molar-refractivity contribution < 1.29 is 0 Å². The molecule has 0 spiro atoms. The zero-order valence-electron chi connectivity index (χ0n) is 4.57. The molecule has 43 valence electrons. The Bertz CT molecular complexity index is 171. The van der Waals surface area contributed by atoms with Gasteiger partial charge in [0, 0.05) is 19.4 Å². The fourth-order valence-electron chi connectivity index (χ4n) is 0.502. The van der Waals surface area contributed by atoms with E-state index in [4.69, 9.17) is 0 Å². The Balaban J connectivity index is 2.92. The fraction of sp³-hybridized carbons (Fsp3) is 0.200. The van der Waals surface area contributed by atoms with E-state index >= 15 is 0 Å². The van der Waals surface area contributed by atoms with Crippen LogP contribution < -0.4 is 0 Å². The molecule has 3 heteroatoms. The van der Waals surface area contributed by atoms with E-state index in [1.807, 2.05) is 17.8 Å². The van der Waals surface area contributed by atoms with E-state index in [1.165, 1.54) is 0 Å². The first kappa shape index (κ1) is 5.69. The van der Waals surface area contributed by atoms with Crippen molar-refractivity contribution >= 4 is 12.6 Å². The van der Waals surface area contributed by atoms with Crippen LogP contribution >= 0.6 is 12.6 Å². The van der Waals surface area contributed by atoms with Crippen LogP contribution in [0.5, 0.6) is 0 Å². The Morgan fingerprint density at radius 1 is 1.88 bits per heavy atom. The molecule has 8 heavy (non-hydrogen) atoms. The molecule has 0 aliphatic carbocycles. The molecule has 1 rings (SSSR count). The van der Waals surface area contributed by atoms with E-state index in [2.05, 4.69) is 17.6 Å². The molecule has 0 aromatic carbocycles. The third-order valence-electron chi connectivity index (χ3n) is 0.974. The molecule has 0 N–H and O–H groups in total. The molecule has 0 saturated carbocycles. The summed E-state index contributed by atoms with van der Waals surface area (Å²) in [7, 11) is 1.93. The van der Waals surface area contributed by atoms with Crippen molar-refractivity contribution in [3.63, 3.8) is 0 Å². The summed E-state index contributed by atoms with van der Waals surface area (Å²) in [5.41, 5.74) is 0. The van der Waals surface area contributed by atoms with Gasteiger partial charge in [-0.1, -0.05) is 0 Å². The van der Waals surface area contributed by atoms with Crippen LogP contribution in [0.25, 0.3) is 0 Å². The number of thiol groups is 1. The molecule has 0 atom stereocenters. The summed E-state index contributed by atoms with van der Waals surface area (Å²) in [6, 6.07) is 0. The standard InChI is InChI=1S/C5H7N2S/c1-7-3-2-6-5(7)4-8/h2-4,8H,1H3. The minimum atomic E-state index is 0.883. The van der Waals surface area contributed by atoms with Crippen molar-refractivity contribution in [2.45, 2.75) is 0 Å². The SMILES string of the molecule is Cn1ccnc1[CH]S. The van der Waals surface area contributed by atoms with Crippen LogP contribution in [0.15, 0.2) is 12.4 Å². The summed E-state index contributed by atoms with van der Waals surface area (Å²) in [5, 5.41) is 0. The van der Waals surface area contributed by atoms with E-state index in [0.717, 1.165) is 5.82 Å². The zero-order chi connectivity index (χ0) is 5.98. The van der Waals surface area contributed by atoms with Crippen LogP contribution in [-0.2, 0) is 7.05 Å². The molecular formula is C5H7N2S. The summed E-state index contributed by atoms with van der Waals surface area (Å²) in [5.74, 6) is 2.55. The Morgan fingerprint density at radius 3 is 2.88 bits per heavy atom. The van der Waals surface area contributed by atoms with Crippen molar-refractivity contribution in [1.82, 2.24) is 9.55 Å². The number of imidazole rings is 1. The van der Waals surface area contributed by atoms with Crippen LogP contribution in [-0.4, -0.2) is 9.55 Å².